The molecule has 4 nitrogen and oxygen atoms in total. The first-order chi connectivity index (χ1) is 8.97. The Morgan fingerprint density at radius 2 is 2.05 bits per heavy atom. The molecule has 0 radical (unpaired) electrons. The molecular weight excluding hydrogens is 240 g/mol. The van der Waals surface area contributed by atoms with E-state index in [0.29, 0.717) is 36.7 Å². The van der Waals surface area contributed by atoms with E-state index >= 15 is 0 Å². The second-order valence-electron chi connectivity index (χ2n) is 4.50. The summed E-state index contributed by atoms with van der Waals surface area (Å²) in [6.07, 6.45) is 0. The Morgan fingerprint density at radius 1 is 1.37 bits per heavy atom. The number of amides is 1. The van der Waals surface area contributed by atoms with Gasteiger partial charge in [0.2, 0.25) is 0 Å². The molecule has 4 heteroatoms. The van der Waals surface area contributed by atoms with Crippen molar-refractivity contribution in [2.24, 2.45) is 0 Å². The second-order valence-corrected chi connectivity index (χ2v) is 4.50. The summed E-state index contributed by atoms with van der Waals surface area (Å²) in [6.45, 7) is 11.3. The SMILES string of the molecule is C=C(C)CN(CC)C(=O)c1cc(N)cc(OCC)c1. The van der Waals surface area contributed by atoms with Crippen molar-refractivity contribution in [2.45, 2.75) is 20.8 Å². The van der Waals surface area contributed by atoms with Gasteiger partial charge in [0.05, 0.1) is 6.61 Å². The highest BCUT2D eigenvalue weighted by Crippen LogP contribution is 2.20. The first-order valence-corrected chi connectivity index (χ1v) is 6.45. The summed E-state index contributed by atoms with van der Waals surface area (Å²) in [7, 11) is 0. The molecule has 0 spiro atoms. The van der Waals surface area contributed by atoms with Crippen LogP contribution in [0.1, 0.15) is 31.1 Å². The molecule has 0 aliphatic rings. The number of hydrogen-bond acceptors (Lipinski definition) is 3. The van der Waals surface area contributed by atoms with Gasteiger partial charge < -0.3 is 15.4 Å². The molecule has 19 heavy (non-hydrogen) atoms. The van der Waals surface area contributed by atoms with Crippen LogP contribution in [0.15, 0.2) is 30.4 Å². The number of hydrogen-bond donors (Lipinski definition) is 1. The van der Waals surface area contributed by atoms with Crippen LogP contribution >= 0.6 is 0 Å². The zero-order chi connectivity index (χ0) is 14.4. The number of nitrogens with two attached hydrogens (primary N) is 1. The molecule has 0 aliphatic carbocycles. The third kappa shape index (κ3) is 4.32. The van der Waals surface area contributed by atoms with E-state index in [2.05, 4.69) is 6.58 Å². The third-order valence-electron chi connectivity index (χ3n) is 2.62. The van der Waals surface area contributed by atoms with Crippen LogP contribution in [0.25, 0.3) is 0 Å². The maximum atomic E-state index is 12.4. The van der Waals surface area contributed by atoms with Gasteiger partial charge in [-0.25, -0.2) is 0 Å². The van der Waals surface area contributed by atoms with E-state index in [4.69, 9.17) is 10.5 Å². The van der Waals surface area contributed by atoms with Gasteiger partial charge in [-0.05, 0) is 32.9 Å². The quantitative estimate of drug-likeness (QED) is 0.633. The maximum Gasteiger partial charge on any atom is 0.254 e. The standard InChI is InChI=1S/C15H22N2O2/c1-5-17(10-11(3)4)15(18)12-7-13(16)9-14(8-12)19-6-2/h7-9H,3,5-6,10,16H2,1-2,4H3. The fourth-order valence-electron chi connectivity index (χ4n) is 1.83. The van der Waals surface area contributed by atoms with Crippen LogP contribution in [0.5, 0.6) is 5.75 Å². The Hall–Kier alpha value is -1.97. The molecule has 1 aromatic rings. The van der Waals surface area contributed by atoms with Gasteiger partial charge in [-0.3, -0.25) is 4.79 Å². The van der Waals surface area contributed by atoms with E-state index in [1.165, 1.54) is 0 Å². The summed E-state index contributed by atoms with van der Waals surface area (Å²) in [5, 5.41) is 0. The minimum atomic E-state index is -0.0567. The molecule has 1 rings (SSSR count). The molecule has 1 aromatic carbocycles. The molecule has 104 valence electrons. The molecule has 0 fully saturated rings. The molecule has 2 N–H and O–H groups in total. The lowest BCUT2D eigenvalue weighted by Gasteiger charge is -2.21. The van der Waals surface area contributed by atoms with Crippen molar-refractivity contribution in [3.05, 3.63) is 35.9 Å². The number of rotatable bonds is 6. The third-order valence-corrected chi connectivity index (χ3v) is 2.62. The van der Waals surface area contributed by atoms with Crippen LogP contribution in [-0.4, -0.2) is 30.5 Å². The Kier molecular flexibility index (Phi) is 5.42. The normalized spacial score (nSPS) is 10.1. The number of carbonyl (C=O) groups excluding carboxylic acids is 1. The first-order valence-electron chi connectivity index (χ1n) is 6.45. The Bertz CT molecular complexity index is 469. The van der Waals surface area contributed by atoms with Crippen LogP contribution in [0.3, 0.4) is 0 Å². The van der Waals surface area contributed by atoms with Gasteiger partial charge in [-0.1, -0.05) is 12.2 Å². The summed E-state index contributed by atoms with van der Waals surface area (Å²) in [4.78, 5) is 14.1. The Balaban J connectivity index is 3.00. The van der Waals surface area contributed by atoms with Crippen molar-refractivity contribution in [2.75, 3.05) is 25.4 Å². The minimum absolute atomic E-state index is 0.0567. The highest BCUT2D eigenvalue weighted by atomic mass is 16.5. The van der Waals surface area contributed by atoms with Gasteiger partial charge in [0, 0.05) is 30.4 Å². The summed E-state index contributed by atoms with van der Waals surface area (Å²) in [6, 6.07) is 5.12. The predicted octanol–water partition coefficient (Wildman–Crippen LogP) is 2.71. The lowest BCUT2D eigenvalue weighted by molar-refractivity contribution is 0.0778. The monoisotopic (exact) mass is 262 g/mol. The number of nitrogens with zero attached hydrogens (tertiary/aromatic N) is 1. The Morgan fingerprint density at radius 3 is 2.58 bits per heavy atom. The van der Waals surface area contributed by atoms with Crippen molar-refractivity contribution in [3.8, 4) is 5.75 Å². The summed E-state index contributed by atoms with van der Waals surface area (Å²) in [5.74, 6) is 0.566. The molecule has 0 aromatic heterocycles. The fourth-order valence-corrected chi connectivity index (χ4v) is 1.83. The molecule has 0 aliphatic heterocycles. The molecule has 0 unspecified atom stereocenters. The maximum absolute atomic E-state index is 12.4. The zero-order valence-corrected chi connectivity index (χ0v) is 11.9. The minimum Gasteiger partial charge on any atom is -0.494 e. The van der Waals surface area contributed by atoms with Crippen molar-refractivity contribution in [3.63, 3.8) is 0 Å². The fraction of sp³-hybridized carbons (Fsp3) is 0.400. The van der Waals surface area contributed by atoms with E-state index in [9.17, 15) is 4.79 Å². The largest absolute Gasteiger partial charge is 0.494 e. The lowest BCUT2D eigenvalue weighted by atomic mass is 10.1. The molecule has 0 atom stereocenters. The van der Waals surface area contributed by atoms with Crippen LogP contribution in [0.4, 0.5) is 5.69 Å². The van der Waals surface area contributed by atoms with E-state index in [-0.39, 0.29) is 5.91 Å². The van der Waals surface area contributed by atoms with Gasteiger partial charge >= 0.3 is 0 Å². The van der Waals surface area contributed by atoms with Crippen molar-refractivity contribution < 1.29 is 9.53 Å². The van der Waals surface area contributed by atoms with Gasteiger partial charge in [-0.15, -0.1) is 0 Å². The smallest absolute Gasteiger partial charge is 0.254 e. The Labute approximate surface area is 114 Å². The van der Waals surface area contributed by atoms with Crippen LogP contribution in [-0.2, 0) is 0 Å². The van der Waals surface area contributed by atoms with Crippen LogP contribution < -0.4 is 10.5 Å². The highest BCUT2D eigenvalue weighted by molar-refractivity contribution is 5.95. The van der Waals surface area contributed by atoms with Crippen molar-refractivity contribution >= 4 is 11.6 Å². The van der Waals surface area contributed by atoms with Crippen molar-refractivity contribution in [1.82, 2.24) is 4.90 Å². The highest BCUT2D eigenvalue weighted by Gasteiger charge is 2.15. The first kappa shape index (κ1) is 15.1. The molecule has 1 amide bonds. The second kappa shape index (κ2) is 6.83. The van der Waals surface area contributed by atoms with Gasteiger partial charge in [-0.2, -0.15) is 0 Å². The van der Waals surface area contributed by atoms with E-state index in [0.717, 1.165) is 5.57 Å². The number of anilines is 1. The van der Waals surface area contributed by atoms with Gasteiger partial charge in [0.25, 0.3) is 5.91 Å². The topological polar surface area (TPSA) is 55.6 Å². The van der Waals surface area contributed by atoms with Crippen LogP contribution in [0, 0.1) is 0 Å². The number of nitrogen functional groups attached to an aromatic ring is 1. The van der Waals surface area contributed by atoms with Crippen molar-refractivity contribution in [1.29, 1.82) is 0 Å². The predicted molar refractivity (Wildman–Crippen MR) is 78.4 cm³/mol. The number of carbonyl (C=O) groups is 1. The summed E-state index contributed by atoms with van der Waals surface area (Å²) < 4.78 is 5.40. The number of benzene rings is 1. The van der Waals surface area contributed by atoms with E-state index in [1.807, 2.05) is 20.8 Å². The summed E-state index contributed by atoms with van der Waals surface area (Å²) in [5.41, 5.74) is 7.83. The average molecular weight is 262 g/mol. The summed E-state index contributed by atoms with van der Waals surface area (Å²) >= 11 is 0. The molecule has 0 saturated heterocycles. The van der Waals surface area contributed by atoms with Gasteiger partial charge in [0.15, 0.2) is 0 Å². The number of likely N-dealkylation sites (N-methyl/N-ethyl adjacent to an activating group) is 1. The molecule has 0 bridgehead atoms. The van der Waals surface area contributed by atoms with Crippen LogP contribution in [0.2, 0.25) is 0 Å². The molecular formula is C15H22N2O2. The van der Waals surface area contributed by atoms with E-state index < -0.39 is 0 Å². The molecule has 0 saturated carbocycles. The van der Waals surface area contributed by atoms with Gasteiger partial charge in [0.1, 0.15) is 5.75 Å². The lowest BCUT2D eigenvalue weighted by Crippen LogP contribution is -2.32. The van der Waals surface area contributed by atoms with E-state index in [1.54, 1.807) is 23.1 Å². The average Bonchev–Trinajstić information content (AvgIpc) is 2.34. The zero-order valence-electron chi connectivity index (χ0n) is 11.9. The molecule has 0 heterocycles. The number of ether oxygens (including phenoxy) is 1.